The Morgan fingerprint density at radius 3 is 2.37 bits per heavy atom. The number of amides is 1. The van der Waals surface area contributed by atoms with E-state index in [2.05, 4.69) is 0 Å². The fourth-order valence-corrected chi connectivity index (χ4v) is 2.64. The summed E-state index contributed by atoms with van der Waals surface area (Å²) in [5.74, 6) is -0.642. The van der Waals surface area contributed by atoms with Crippen molar-refractivity contribution in [1.29, 1.82) is 0 Å². The third-order valence-corrected chi connectivity index (χ3v) is 3.60. The summed E-state index contributed by atoms with van der Waals surface area (Å²) < 4.78 is 0. The fourth-order valence-electron chi connectivity index (χ4n) is 2.64. The SMILES string of the molecule is O=C(O)CN(C(=O)CC1CCCC1)c1ccccc1. The molecule has 4 heteroatoms. The van der Waals surface area contributed by atoms with E-state index in [4.69, 9.17) is 5.11 Å². The smallest absolute Gasteiger partial charge is 0.323 e. The van der Waals surface area contributed by atoms with Gasteiger partial charge in [0, 0.05) is 12.1 Å². The molecule has 1 amide bonds. The number of rotatable bonds is 5. The summed E-state index contributed by atoms with van der Waals surface area (Å²) in [5.41, 5.74) is 0.660. The molecule has 102 valence electrons. The summed E-state index contributed by atoms with van der Waals surface area (Å²) in [7, 11) is 0. The van der Waals surface area contributed by atoms with Gasteiger partial charge in [-0.1, -0.05) is 31.0 Å². The van der Waals surface area contributed by atoms with Gasteiger partial charge < -0.3 is 10.0 Å². The van der Waals surface area contributed by atoms with Crippen molar-refractivity contribution in [1.82, 2.24) is 0 Å². The molecule has 1 aliphatic carbocycles. The van der Waals surface area contributed by atoms with Crippen LogP contribution in [0, 0.1) is 5.92 Å². The molecule has 4 nitrogen and oxygen atoms in total. The standard InChI is InChI=1S/C15H19NO3/c17-14(10-12-6-4-5-7-12)16(11-15(18)19)13-8-2-1-3-9-13/h1-3,8-9,12H,4-7,10-11H2,(H,18,19). The summed E-state index contributed by atoms with van der Waals surface area (Å²) >= 11 is 0. The molecule has 0 saturated heterocycles. The van der Waals surface area contributed by atoms with Gasteiger partial charge in [0.15, 0.2) is 0 Å². The molecule has 1 fully saturated rings. The number of nitrogens with zero attached hydrogens (tertiary/aromatic N) is 1. The lowest BCUT2D eigenvalue weighted by Crippen LogP contribution is -2.36. The highest BCUT2D eigenvalue weighted by Crippen LogP contribution is 2.28. The number of carboxylic acid groups (broad SMARTS) is 1. The van der Waals surface area contributed by atoms with Crippen LogP contribution in [0.3, 0.4) is 0 Å². The maximum atomic E-state index is 12.3. The van der Waals surface area contributed by atoms with Gasteiger partial charge >= 0.3 is 5.97 Å². The van der Waals surface area contributed by atoms with E-state index in [1.54, 1.807) is 12.1 Å². The molecular weight excluding hydrogens is 242 g/mol. The number of hydrogen-bond donors (Lipinski definition) is 1. The summed E-state index contributed by atoms with van der Waals surface area (Å²) in [5, 5.41) is 8.96. The number of aliphatic carboxylic acids is 1. The quantitative estimate of drug-likeness (QED) is 0.886. The van der Waals surface area contributed by atoms with E-state index in [0.717, 1.165) is 12.8 Å². The van der Waals surface area contributed by atoms with E-state index < -0.39 is 5.97 Å². The molecule has 0 bridgehead atoms. The minimum Gasteiger partial charge on any atom is -0.480 e. The van der Waals surface area contributed by atoms with Crippen LogP contribution in [-0.2, 0) is 9.59 Å². The number of carboxylic acids is 1. The van der Waals surface area contributed by atoms with Crippen molar-refractivity contribution in [2.24, 2.45) is 5.92 Å². The second-order valence-electron chi connectivity index (χ2n) is 5.06. The molecule has 2 rings (SSSR count). The van der Waals surface area contributed by atoms with E-state index in [-0.39, 0.29) is 12.5 Å². The number of carbonyl (C=O) groups excluding carboxylic acids is 1. The monoisotopic (exact) mass is 261 g/mol. The summed E-state index contributed by atoms with van der Waals surface area (Å²) in [6.07, 6.45) is 5.00. The zero-order chi connectivity index (χ0) is 13.7. The lowest BCUT2D eigenvalue weighted by atomic mass is 10.0. The zero-order valence-corrected chi connectivity index (χ0v) is 10.9. The number of para-hydroxylation sites is 1. The van der Waals surface area contributed by atoms with Crippen LogP contribution in [-0.4, -0.2) is 23.5 Å². The topological polar surface area (TPSA) is 57.6 Å². The van der Waals surface area contributed by atoms with Crippen molar-refractivity contribution < 1.29 is 14.7 Å². The first kappa shape index (κ1) is 13.6. The van der Waals surface area contributed by atoms with Crippen molar-refractivity contribution in [3.63, 3.8) is 0 Å². The molecule has 0 unspecified atom stereocenters. The molecule has 0 radical (unpaired) electrons. The maximum absolute atomic E-state index is 12.3. The molecule has 0 atom stereocenters. The summed E-state index contributed by atoms with van der Waals surface area (Å²) in [4.78, 5) is 24.6. The van der Waals surface area contributed by atoms with Crippen molar-refractivity contribution in [2.75, 3.05) is 11.4 Å². The van der Waals surface area contributed by atoms with Crippen molar-refractivity contribution in [3.05, 3.63) is 30.3 Å². The van der Waals surface area contributed by atoms with E-state index in [0.29, 0.717) is 18.0 Å². The van der Waals surface area contributed by atoms with E-state index >= 15 is 0 Å². The molecule has 0 heterocycles. The van der Waals surface area contributed by atoms with Gasteiger partial charge in [-0.15, -0.1) is 0 Å². The van der Waals surface area contributed by atoms with Crippen LogP contribution in [0.4, 0.5) is 5.69 Å². The first-order valence-corrected chi connectivity index (χ1v) is 6.74. The van der Waals surface area contributed by atoms with Crippen molar-refractivity contribution >= 4 is 17.6 Å². The Morgan fingerprint density at radius 2 is 1.79 bits per heavy atom. The van der Waals surface area contributed by atoms with Crippen molar-refractivity contribution in [2.45, 2.75) is 32.1 Å². The largest absolute Gasteiger partial charge is 0.480 e. The van der Waals surface area contributed by atoms with Crippen LogP contribution < -0.4 is 4.90 Å². The number of benzene rings is 1. The van der Waals surface area contributed by atoms with Gasteiger partial charge in [-0.2, -0.15) is 0 Å². The fraction of sp³-hybridized carbons (Fsp3) is 0.467. The van der Waals surface area contributed by atoms with Crippen LogP contribution >= 0.6 is 0 Å². The van der Waals surface area contributed by atoms with Crippen LogP contribution in [0.1, 0.15) is 32.1 Å². The minimum atomic E-state index is -0.983. The molecule has 0 aromatic heterocycles. The van der Waals surface area contributed by atoms with Crippen LogP contribution in [0.25, 0.3) is 0 Å². The molecule has 0 spiro atoms. The van der Waals surface area contributed by atoms with E-state index in [1.165, 1.54) is 17.7 Å². The van der Waals surface area contributed by atoms with Gasteiger partial charge in [-0.05, 0) is 30.9 Å². The maximum Gasteiger partial charge on any atom is 0.323 e. The minimum absolute atomic E-state index is 0.0829. The van der Waals surface area contributed by atoms with Gasteiger partial charge in [0.2, 0.25) is 5.91 Å². The Labute approximate surface area is 113 Å². The van der Waals surface area contributed by atoms with Crippen LogP contribution in [0.15, 0.2) is 30.3 Å². The third-order valence-electron chi connectivity index (χ3n) is 3.60. The van der Waals surface area contributed by atoms with Crippen molar-refractivity contribution in [3.8, 4) is 0 Å². The second-order valence-corrected chi connectivity index (χ2v) is 5.06. The summed E-state index contributed by atoms with van der Waals surface area (Å²) in [6.45, 7) is -0.268. The Kier molecular flexibility index (Phi) is 4.55. The first-order valence-electron chi connectivity index (χ1n) is 6.74. The lowest BCUT2D eigenvalue weighted by Gasteiger charge is -2.22. The molecular formula is C15H19NO3. The Hall–Kier alpha value is -1.84. The Balaban J connectivity index is 2.08. The molecule has 0 aliphatic heterocycles. The second kappa shape index (κ2) is 6.36. The molecule has 1 aromatic carbocycles. The molecule has 1 N–H and O–H groups in total. The third kappa shape index (κ3) is 3.81. The molecule has 1 aliphatic rings. The van der Waals surface area contributed by atoms with Gasteiger partial charge in [-0.3, -0.25) is 9.59 Å². The highest BCUT2D eigenvalue weighted by atomic mass is 16.4. The Morgan fingerprint density at radius 1 is 1.16 bits per heavy atom. The highest BCUT2D eigenvalue weighted by molar-refractivity contribution is 5.97. The number of hydrogen-bond acceptors (Lipinski definition) is 2. The normalized spacial score (nSPS) is 15.4. The van der Waals surface area contributed by atoms with E-state index in [9.17, 15) is 9.59 Å². The van der Waals surface area contributed by atoms with Gasteiger partial charge in [0.1, 0.15) is 6.54 Å². The van der Waals surface area contributed by atoms with E-state index in [1.807, 2.05) is 18.2 Å². The highest BCUT2D eigenvalue weighted by Gasteiger charge is 2.24. The molecule has 1 saturated carbocycles. The predicted molar refractivity (Wildman–Crippen MR) is 73.0 cm³/mol. The van der Waals surface area contributed by atoms with Crippen LogP contribution in [0.2, 0.25) is 0 Å². The average Bonchev–Trinajstić information content (AvgIpc) is 2.89. The average molecular weight is 261 g/mol. The lowest BCUT2D eigenvalue weighted by molar-refractivity contribution is -0.136. The summed E-state index contributed by atoms with van der Waals surface area (Å²) in [6, 6.07) is 9.02. The molecule has 19 heavy (non-hydrogen) atoms. The number of anilines is 1. The molecule has 1 aromatic rings. The zero-order valence-electron chi connectivity index (χ0n) is 10.9. The van der Waals surface area contributed by atoms with Gasteiger partial charge in [0.05, 0.1) is 0 Å². The van der Waals surface area contributed by atoms with Crippen LogP contribution in [0.5, 0.6) is 0 Å². The van der Waals surface area contributed by atoms with Gasteiger partial charge in [0.25, 0.3) is 0 Å². The predicted octanol–water partition coefficient (Wildman–Crippen LogP) is 2.68. The first-order chi connectivity index (χ1) is 9.16. The Bertz CT molecular complexity index is 438. The van der Waals surface area contributed by atoms with Gasteiger partial charge in [-0.25, -0.2) is 0 Å². The number of carbonyl (C=O) groups is 2.